The van der Waals surface area contributed by atoms with Gasteiger partial charge in [0.2, 0.25) is 0 Å². The van der Waals surface area contributed by atoms with E-state index in [0.29, 0.717) is 0 Å². The summed E-state index contributed by atoms with van der Waals surface area (Å²) < 4.78 is 20.1. The molecule has 0 bridgehead atoms. The fourth-order valence-electron chi connectivity index (χ4n) is 20.4. The maximum atomic E-state index is 8.35. The third-order valence-electron chi connectivity index (χ3n) is 25.2. The Morgan fingerprint density at radius 2 is 0.583 bits per heavy atom. The molecule has 558 valence electrons. The van der Waals surface area contributed by atoms with Crippen LogP contribution in [0.3, 0.4) is 0 Å². The molecule has 8 heterocycles. The Labute approximate surface area is 733 Å². The molecule has 18 aromatic carbocycles. The van der Waals surface area contributed by atoms with E-state index in [4.69, 9.17) is 4.74 Å². The Morgan fingerprint density at radius 3 is 1.07 bits per heavy atom. The molecule has 0 atom stereocenters. The van der Waals surface area contributed by atoms with E-state index in [1.165, 1.54) is 115 Å². The third kappa shape index (κ3) is 10.6. The van der Waals surface area contributed by atoms with Crippen LogP contribution in [0.2, 0.25) is 0 Å². The molecule has 4 aliphatic rings. The summed E-state index contributed by atoms with van der Waals surface area (Å²) >= 11 is -2.78. The second-order valence-electron chi connectivity index (χ2n) is 31.6. The Bertz CT molecular complexity index is 7990. The molecule has 0 fully saturated rings. The molecule has 22 aromatic rings. The molecule has 0 amide bonds. The van der Waals surface area contributed by atoms with Crippen molar-refractivity contribution in [1.29, 1.82) is 0 Å². The first-order valence-corrected chi connectivity index (χ1v) is 50.2. The molecule has 120 heavy (non-hydrogen) atoms. The Hall–Kier alpha value is -12.0. The quantitative estimate of drug-likeness (QED) is 0.120. The van der Waals surface area contributed by atoms with Gasteiger partial charge in [-0.1, -0.05) is 36.4 Å². The van der Waals surface area contributed by atoms with Crippen LogP contribution >= 0.6 is 0 Å². The molecule has 0 saturated heterocycles. The molecule has 4 aliphatic heterocycles. The van der Waals surface area contributed by atoms with Crippen LogP contribution in [0.25, 0.3) is 92.6 Å². The molecule has 4 aromatic heterocycles. The van der Waals surface area contributed by atoms with Crippen LogP contribution in [0.1, 0.15) is 0 Å². The van der Waals surface area contributed by atoms with Crippen molar-refractivity contribution in [2.24, 2.45) is 0 Å². The van der Waals surface area contributed by atoms with Crippen molar-refractivity contribution >= 4 is 284 Å². The van der Waals surface area contributed by atoms with E-state index in [2.05, 4.69) is 419 Å². The first kappa shape index (κ1) is 69.9. The number of fused-ring (bicyclic) bond motifs is 20. The number of ether oxygens (including phenoxy) is 1. The first-order valence-electron chi connectivity index (χ1n) is 40.9. The fraction of sp³-hybridized carbons (Fsp3) is 0. The molecular formula is C108H65B2N5OTe4. The van der Waals surface area contributed by atoms with E-state index in [1.807, 2.05) is 0 Å². The van der Waals surface area contributed by atoms with E-state index in [0.717, 1.165) is 107 Å². The molecule has 0 aliphatic carbocycles. The third-order valence-corrected chi connectivity index (χ3v) is 38.2. The normalized spacial score (nSPS) is 13.0. The zero-order valence-electron chi connectivity index (χ0n) is 64.5. The first-order chi connectivity index (χ1) is 59.6. The molecule has 0 N–H and O–H groups in total. The second-order valence-corrected chi connectivity index (χ2v) is 44.0. The van der Waals surface area contributed by atoms with Gasteiger partial charge in [-0.15, -0.1) is 0 Å². The van der Waals surface area contributed by atoms with E-state index in [1.54, 1.807) is 0 Å². The molecule has 26 rings (SSSR count). The van der Waals surface area contributed by atoms with Crippen LogP contribution < -0.4 is 62.0 Å². The summed E-state index contributed by atoms with van der Waals surface area (Å²) in [5.41, 5.74) is 28.5. The summed E-state index contributed by atoms with van der Waals surface area (Å²) in [6.45, 7) is -0.556. The summed E-state index contributed by atoms with van der Waals surface area (Å²) in [4.78, 5) is 13.2. The van der Waals surface area contributed by atoms with Gasteiger partial charge in [-0.3, -0.25) is 0 Å². The van der Waals surface area contributed by atoms with E-state index in [-0.39, 0.29) is 13.4 Å². The van der Waals surface area contributed by atoms with E-state index < -0.39 is 81.7 Å². The van der Waals surface area contributed by atoms with Gasteiger partial charge in [0.25, 0.3) is 0 Å². The predicted molar refractivity (Wildman–Crippen MR) is 514 cm³/mol. The molecule has 0 unspecified atom stereocenters. The minimum absolute atomic E-state index is 0.272. The molecule has 0 spiro atoms. The van der Waals surface area contributed by atoms with Gasteiger partial charge in [-0.05, 0) is 0 Å². The van der Waals surface area contributed by atoms with Crippen molar-refractivity contribution in [2.45, 2.75) is 0 Å². The van der Waals surface area contributed by atoms with Gasteiger partial charge in [0.1, 0.15) is 0 Å². The van der Waals surface area contributed by atoms with E-state index >= 15 is 0 Å². The number of hydrogen-bond donors (Lipinski definition) is 0. The zero-order valence-corrected chi connectivity index (χ0v) is 73.8. The fourth-order valence-corrected chi connectivity index (χ4v) is 33.3. The SMILES string of the molecule is c1ccc(-c2cccc(-c3ccccc3)c2N2c3cc4c(cc3B3c5ccccc5N(c5cccc6[te]c7ccccc7c56)c5cc(N(c6ccccc6)c6cccc7[te]c8ccccc8c67)cc2c53)B2c3ccccc3N(c3cccc5[te]c6ccccc6c35)c3cc(N(c5ccccc5)c5cccc6[te]c7ccccc7c56)cc(c32)O4)cc1. The number of rotatable bonds is 11. The van der Waals surface area contributed by atoms with Crippen LogP contribution in [-0.2, 0) is 0 Å². The number of nitrogens with zero attached hydrogens (tertiary/aromatic N) is 5. The minimum Gasteiger partial charge on any atom is -0.0616 e. The Morgan fingerprint density at radius 1 is 0.225 bits per heavy atom. The second kappa shape index (κ2) is 27.8. The van der Waals surface area contributed by atoms with Gasteiger partial charge in [-0.25, -0.2) is 0 Å². The summed E-state index contributed by atoms with van der Waals surface area (Å²) in [7, 11) is 0. The standard InChI is InChI=1S/C108H65B2N5OTe4/c1-5-30-66(31-6-1)72-42-25-43-73(67-32-7-2-8-33-67)108(72)115-88-65-92-81(110-79-45-18-20-47-83(79)114(87-51-29-59-101-105(87)77-41-16-24-55-97(77)120-101)91-62-71(63-93(116-92)107(91)110)112(69-36-11-4-12-37-69)85-49-27-57-99-103(85)75-39-14-22-53-95(75)118-99)64-80(88)109-78-44-17-19-46-82(78)113(86-50-28-58-100-104(86)76-40-15-23-54-96(76)119-100)89-60-70(61-90(115)106(89)109)111(68-34-9-3-10-35-68)84-48-26-56-98-102(84)74-38-13-21-52-94(74)117-98/h1-65H. The van der Waals surface area contributed by atoms with Crippen LogP contribution in [0.15, 0.2) is 394 Å². The van der Waals surface area contributed by atoms with Crippen molar-refractivity contribution in [1.82, 2.24) is 0 Å². The number of hydrogen-bond acceptors (Lipinski definition) is 6. The summed E-state index contributed by atoms with van der Waals surface area (Å²) in [5.74, 6) is 1.66. The summed E-state index contributed by atoms with van der Waals surface area (Å²) in [6.07, 6.45) is 0. The number of anilines is 15. The average Bonchev–Trinajstić information content (AvgIpc) is 0.771. The molecule has 0 radical (unpaired) electrons. The van der Waals surface area contributed by atoms with Gasteiger partial charge in [-0.2, -0.15) is 0 Å². The van der Waals surface area contributed by atoms with Gasteiger partial charge in [0.05, 0.1) is 0 Å². The Kier molecular flexibility index (Phi) is 16.2. The van der Waals surface area contributed by atoms with Crippen LogP contribution in [-0.4, -0.2) is 95.1 Å². The molecule has 6 nitrogen and oxygen atoms in total. The zero-order chi connectivity index (χ0) is 78.4. The van der Waals surface area contributed by atoms with Crippen LogP contribution in [0, 0.1) is 0 Å². The summed E-state index contributed by atoms with van der Waals surface area (Å²) in [5, 5.41) is 10.7. The van der Waals surface area contributed by atoms with Gasteiger partial charge in [0, 0.05) is 0 Å². The molecule has 12 heteroatoms. The number of para-hydroxylation sites is 5. The Balaban J connectivity index is 0.800. The average molecular weight is 1980 g/mol. The minimum atomic E-state index is -0.721. The van der Waals surface area contributed by atoms with Crippen molar-refractivity contribution in [3.05, 3.63) is 394 Å². The summed E-state index contributed by atoms with van der Waals surface area (Å²) in [6, 6.07) is 151. The predicted octanol–water partition coefficient (Wildman–Crippen LogP) is 23.9. The van der Waals surface area contributed by atoms with E-state index in [9.17, 15) is 0 Å². The van der Waals surface area contributed by atoms with Crippen molar-refractivity contribution in [3.8, 4) is 33.8 Å². The van der Waals surface area contributed by atoms with Crippen LogP contribution in [0.5, 0.6) is 11.5 Å². The van der Waals surface area contributed by atoms with Crippen molar-refractivity contribution in [2.75, 3.05) is 24.5 Å². The van der Waals surface area contributed by atoms with Gasteiger partial charge >= 0.3 is 704 Å². The van der Waals surface area contributed by atoms with Crippen molar-refractivity contribution in [3.63, 3.8) is 0 Å². The number of benzene rings is 18. The maximum absolute atomic E-state index is 8.35. The molecular weight excluding hydrogens is 1920 g/mol. The van der Waals surface area contributed by atoms with Gasteiger partial charge < -0.3 is 0 Å². The van der Waals surface area contributed by atoms with Crippen molar-refractivity contribution < 1.29 is 4.74 Å². The smallest absolute Gasteiger partial charge is 0.0616 e. The van der Waals surface area contributed by atoms with Crippen LogP contribution in [0.4, 0.5) is 85.3 Å². The molecule has 0 saturated carbocycles. The topological polar surface area (TPSA) is 25.4 Å². The monoisotopic (exact) mass is 1990 g/mol. The van der Waals surface area contributed by atoms with Gasteiger partial charge in [0.15, 0.2) is 0 Å².